The molecule has 2 N–H and O–H groups in total. The van der Waals surface area contributed by atoms with Crippen LogP contribution >= 0.6 is 0 Å². The molecule has 5 heteroatoms. The molecule has 0 bridgehead atoms. The Hall–Kier alpha value is -3.44. The normalized spacial score (nSPS) is 11.5. The highest BCUT2D eigenvalue weighted by Gasteiger charge is 2.31. The Labute approximate surface area is 189 Å². The van der Waals surface area contributed by atoms with E-state index in [0.29, 0.717) is 32.4 Å². The van der Waals surface area contributed by atoms with Crippen molar-refractivity contribution in [3.63, 3.8) is 0 Å². The van der Waals surface area contributed by atoms with Gasteiger partial charge in [-0.2, -0.15) is 0 Å². The summed E-state index contributed by atoms with van der Waals surface area (Å²) in [6, 6.07) is 28.2. The third kappa shape index (κ3) is 6.79. The van der Waals surface area contributed by atoms with Crippen molar-refractivity contribution in [2.24, 2.45) is 0 Å². The Morgan fingerprint density at radius 1 is 0.812 bits per heavy atom. The molecule has 2 amide bonds. The number of nitrogens with zero attached hydrogens (tertiary/aromatic N) is 1. The van der Waals surface area contributed by atoms with Crippen LogP contribution in [0.1, 0.15) is 35.6 Å². The molecule has 3 rings (SSSR count). The van der Waals surface area contributed by atoms with Gasteiger partial charge in [-0.05, 0) is 29.5 Å². The van der Waals surface area contributed by atoms with Crippen molar-refractivity contribution in [2.45, 2.75) is 31.8 Å². The van der Waals surface area contributed by atoms with E-state index >= 15 is 0 Å². The van der Waals surface area contributed by atoms with Crippen LogP contribution in [-0.2, 0) is 22.6 Å². The van der Waals surface area contributed by atoms with Crippen LogP contribution in [0, 0.1) is 0 Å². The topological polar surface area (TPSA) is 69.6 Å². The quantitative estimate of drug-likeness (QED) is 0.454. The molecule has 0 fully saturated rings. The average molecular weight is 431 g/mol. The zero-order valence-corrected chi connectivity index (χ0v) is 18.2. The Kier molecular flexibility index (Phi) is 9.02. The average Bonchev–Trinajstić information content (AvgIpc) is 2.84. The number of amides is 2. The minimum Gasteiger partial charge on any atom is -0.396 e. The molecule has 0 heterocycles. The fourth-order valence-electron chi connectivity index (χ4n) is 3.64. The van der Waals surface area contributed by atoms with Crippen LogP contribution in [0.15, 0.2) is 91.0 Å². The van der Waals surface area contributed by atoms with Gasteiger partial charge >= 0.3 is 0 Å². The lowest BCUT2D eigenvalue weighted by molar-refractivity contribution is -0.141. The summed E-state index contributed by atoms with van der Waals surface area (Å²) in [6.07, 6.45) is 1.39. The molecule has 5 nitrogen and oxygen atoms in total. The molecule has 0 aliphatic heterocycles. The third-order valence-corrected chi connectivity index (χ3v) is 5.30. The number of rotatable bonds is 11. The molecule has 3 aromatic rings. The predicted molar refractivity (Wildman–Crippen MR) is 126 cm³/mol. The first kappa shape index (κ1) is 23.2. The van der Waals surface area contributed by atoms with Gasteiger partial charge in [0.2, 0.25) is 11.8 Å². The van der Waals surface area contributed by atoms with Gasteiger partial charge in [-0.1, -0.05) is 91.0 Å². The molecule has 0 saturated heterocycles. The molecule has 0 spiro atoms. The molecular formula is C27H30N2O3. The van der Waals surface area contributed by atoms with E-state index in [2.05, 4.69) is 5.32 Å². The lowest BCUT2D eigenvalue weighted by atomic mass is 10.0. The number of aliphatic hydroxyl groups excluding tert-OH is 1. The van der Waals surface area contributed by atoms with E-state index in [1.54, 1.807) is 4.90 Å². The Morgan fingerprint density at radius 2 is 1.38 bits per heavy atom. The lowest BCUT2D eigenvalue weighted by Crippen LogP contribution is -2.43. The summed E-state index contributed by atoms with van der Waals surface area (Å²) < 4.78 is 0. The minimum atomic E-state index is -0.752. The van der Waals surface area contributed by atoms with Gasteiger partial charge in [-0.15, -0.1) is 0 Å². The predicted octanol–water partition coefficient (Wildman–Crippen LogP) is 3.89. The van der Waals surface area contributed by atoms with Crippen LogP contribution in [-0.4, -0.2) is 35.0 Å². The maximum atomic E-state index is 13.5. The highest BCUT2D eigenvalue weighted by molar-refractivity contribution is 5.88. The van der Waals surface area contributed by atoms with Crippen molar-refractivity contribution in [3.05, 3.63) is 108 Å². The molecule has 0 radical (unpaired) electrons. The lowest BCUT2D eigenvalue weighted by Gasteiger charge is -2.32. The van der Waals surface area contributed by atoms with Crippen LogP contribution < -0.4 is 5.32 Å². The SMILES string of the molecule is O=C(NCCCO)[C@@H](c1ccccc1)N(Cc1ccccc1)C(=O)CCc1ccccc1. The van der Waals surface area contributed by atoms with Crippen molar-refractivity contribution < 1.29 is 14.7 Å². The van der Waals surface area contributed by atoms with Gasteiger partial charge in [0.1, 0.15) is 6.04 Å². The van der Waals surface area contributed by atoms with E-state index in [1.165, 1.54) is 0 Å². The summed E-state index contributed by atoms with van der Waals surface area (Å²) in [5.41, 5.74) is 2.81. The van der Waals surface area contributed by atoms with Crippen LogP contribution in [0.2, 0.25) is 0 Å². The van der Waals surface area contributed by atoms with Gasteiger partial charge in [-0.3, -0.25) is 9.59 Å². The van der Waals surface area contributed by atoms with E-state index in [4.69, 9.17) is 5.11 Å². The fraction of sp³-hybridized carbons (Fsp3) is 0.259. The van der Waals surface area contributed by atoms with Crippen LogP contribution in [0.3, 0.4) is 0 Å². The Balaban J connectivity index is 1.88. The van der Waals surface area contributed by atoms with Crippen molar-refractivity contribution in [3.8, 4) is 0 Å². The van der Waals surface area contributed by atoms with Gasteiger partial charge in [0.05, 0.1) is 0 Å². The minimum absolute atomic E-state index is 0.0000193. The standard InChI is InChI=1S/C27H30N2O3/c30-20-10-19-28-27(32)26(24-15-8-3-9-16-24)29(21-23-13-6-2-7-14-23)25(31)18-17-22-11-4-1-5-12-22/h1-9,11-16,26,30H,10,17-21H2,(H,28,32)/t26-/m1/s1. The first-order valence-corrected chi connectivity index (χ1v) is 11.0. The number of hydrogen-bond acceptors (Lipinski definition) is 3. The number of carbonyl (C=O) groups excluding carboxylic acids is 2. The number of benzene rings is 3. The largest absolute Gasteiger partial charge is 0.396 e. The van der Waals surface area contributed by atoms with Gasteiger partial charge in [0, 0.05) is 26.1 Å². The molecule has 0 unspecified atom stereocenters. The van der Waals surface area contributed by atoms with E-state index in [1.807, 2.05) is 91.0 Å². The van der Waals surface area contributed by atoms with Crippen molar-refractivity contribution >= 4 is 11.8 Å². The van der Waals surface area contributed by atoms with Gasteiger partial charge in [0.25, 0.3) is 0 Å². The number of hydrogen-bond donors (Lipinski definition) is 2. The van der Waals surface area contributed by atoms with Gasteiger partial charge in [0.15, 0.2) is 0 Å². The molecule has 3 aromatic carbocycles. The zero-order chi connectivity index (χ0) is 22.6. The molecule has 1 atom stereocenters. The highest BCUT2D eigenvalue weighted by Crippen LogP contribution is 2.25. The summed E-state index contributed by atoms with van der Waals surface area (Å²) >= 11 is 0. The number of aliphatic hydroxyl groups is 1. The molecule has 0 aliphatic rings. The van der Waals surface area contributed by atoms with E-state index in [9.17, 15) is 9.59 Å². The summed E-state index contributed by atoms with van der Waals surface area (Å²) in [5.74, 6) is -0.322. The Morgan fingerprint density at radius 3 is 1.97 bits per heavy atom. The Bertz CT molecular complexity index is 962. The maximum absolute atomic E-state index is 13.5. The zero-order valence-electron chi connectivity index (χ0n) is 18.2. The molecule has 0 aromatic heterocycles. The summed E-state index contributed by atoms with van der Waals surface area (Å²) in [7, 11) is 0. The molecule has 0 saturated carbocycles. The smallest absolute Gasteiger partial charge is 0.247 e. The maximum Gasteiger partial charge on any atom is 0.247 e. The van der Waals surface area contributed by atoms with Gasteiger partial charge in [-0.25, -0.2) is 0 Å². The highest BCUT2D eigenvalue weighted by atomic mass is 16.3. The molecule has 166 valence electrons. The molecule has 0 aliphatic carbocycles. The molecule has 32 heavy (non-hydrogen) atoms. The number of carbonyl (C=O) groups is 2. The number of nitrogens with one attached hydrogen (secondary N) is 1. The fourth-order valence-corrected chi connectivity index (χ4v) is 3.64. The number of aryl methyl sites for hydroxylation is 1. The van der Waals surface area contributed by atoms with Crippen LogP contribution in [0.25, 0.3) is 0 Å². The monoisotopic (exact) mass is 430 g/mol. The van der Waals surface area contributed by atoms with E-state index < -0.39 is 6.04 Å². The van der Waals surface area contributed by atoms with Crippen LogP contribution in [0.5, 0.6) is 0 Å². The second kappa shape index (κ2) is 12.4. The first-order valence-electron chi connectivity index (χ1n) is 11.0. The third-order valence-electron chi connectivity index (χ3n) is 5.30. The second-order valence-electron chi connectivity index (χ2n) is 7.67. The molecular weight excluding hydrogens is 400 g/mol. The van der Waals surface area contributed by atoms with Crippen molar-refractivity contribution in [2.75, 3.05) is 13.2 Å². The van der Waals surface area contributed by atoms with E-state index in [0.717, 1.165) is 16.7 Å². The summed E-state index contributed by atoms with van der Waals surface area (Å²) in [4.78, 5) is 28.4. The summed E-state index contributed by atoms with van der Waals surface area (Å²) in [6.45, 7) is 0.692. The van der Waals surface area contributed by atoms with E-state index in [-0.39, 0.29) is 18.4 Å². The van der Waals surface area contributed by atoms with Crippen LogP contribution in [0.4, 0.5) is 0 Å². The van der Waals surface area contributed by atoms with Crippen molar-refractivity contribution in [1.82, 2.24) is 10.2 Å². The summed E-state index contributed by atoms with van der Waals surface area (Å²) in [5, 5.41) is 12.0. The second-order valence-corrected chi connectivity index (χ2v) is 7.67. The van der Waals surface area contributed by atoms with Crippen molar-refractivity contribution in [1.29, 1.82) is 0 Å². The first-order chi connectivity index (χ1) is 15.7. The van der Waals surface area contributed by atoms with Gasteiger partial charge < -0.3 is 15.3 Å².